The molecule has 3 aromatic rings. The Labute approximate surface area is 146 Å². The number of benzene rings is 2. The van der Waals surface area contributed by atoms with Gasteiger partial charge in [0.15, 0.2) is 5.43 Å². The van der Waals surface area contributed by atoms with Crippen LogP contribution in [-0.4, -0.2) is 10.2 Å². The summed E-state index contributed by atoms with van der Waals surface area (Å²) in [6.07, 6.45) is 6.05. The predicted octanol–water partition coefficient (Wildman–Crippen LogP) is 4.55. The number of aromatic hydroxyl groups is 2. The van der Waals surface area contributed by atoms with Crippen LogP contribution >= 0.6 is 0 Å². The van der Waals surface area contributed by atoms with E-state index in [9.17, 15) is 15.0 Å². The molecule has 0 amide bonds. The van der Waals surface area contributed by atoms with Gasteiger partial charge in [0.2, 0.25) is 0 Å². The van der Waals surface area contributed by atoms with E-state index in [0.717, 1.165) is 38.2 Å². The van der Waals surface area contributed by atoms with Crippen molar-refractivity contribution >= 4 is 11.0 Å². The summed E-state index contributed by atoms with van der Waals surface area (Å²) in [5, 5.41) is 19.4. The second-order valence-electron chi connectivity index (χ2n) is 6.31. The van der Waals surface area contributed by atoms with Crippen molar-refractivity contribution in [3.63, 3.8) is 0 Å². The fourth-order valence-corrected chi connectivity index (χ4v) is 3.05. The molecule has 1 aromatic heterocycles. The van der Waals surface area contributed by atoms with Gasteiger partial charge in [0.25, 0.3) is 0 Å². The molecule has 3 rings (SSSR count). The van der Waals surface area contributed by atoms with E-state index in [1.54, 1.807) is 0 Å². The summed E-state index contributed by atoms with van der Waals surface area (Å²) in [7, 11) is 0. The number of phenolic OH excluding ortho intramolecular Hbond substituents is 2. The van der Waals surface area contributed by atoms with Crippen molar-refractivity contribution in [2.24, 2.45) is 0 Å². The summed E-state index contributed by atoms with van der Waals surface area (Å²) >= 11 is 0. The Kier molecular flexibility index (Phi) is 5.39. The average Bonchev–Trinajstić information content (AvgIpc) is 2.58. The minimum atomic E-state index is -0.280. The predicted molar refractivity (Wildman–Crippen MR) is 98.1 cm³/mol. The monoisotopic (exact) mass is 338 g/mol. The molecule has 0 saturated carbocycles. The van der Waals surface area contributed by atoms with E-state index < -0.39 is 0 Å². The van der Waals surface area contributed by atoms with Crippen molar-refractivity contribution in [3.05, 3.63) is 70.1 Å². The number of unbranched alkanes of at least 4 members (excludes halogenated alkanes) is 3. The Morgan fingerprint density at radius 1 is 0.840 bits per heavy atom. The molecule has 0 radical (unpaired) electrons. The molecule has 0 fully saturated rings. The number of hydrogen-bond donors (Lipinski definition) is 2. The van der Waals surface area contributed by atoms with E-state index in [-0.39, 0.29) is 27.9 Å². The van der Waals surface area contributed by atoms with Gasteiger partial charge in [-0.1, -0.05) is 43.2 Å². The number of rotatable bonds is 7. The third kappa shape index (κ3) is 4.41. The highest BCUT2D eigenvalue weighted by Crippen LogP contribution is 2.28. The zero-order valence-corrected chi connectivity index (χ0v) is 14.1. The number of hydrogen-bond acceptors (Lipinski definition) is 4. The maximum Gasteiger partial charge on any atom is 0.196 e. The van der Waals surface area contributed by atoms with Gasteiger partial charge in [0.1, 0.15) is 28.2 Å². The van der Waals surface area contributed by atoms with Crippen molar-refractivity contribution in [3.8, 4) is 11.5 Å². The first-order valence-corrected chi connectivity index (χ1v) is 8.66. The van der Waals surface area contributed by atoms with Crippen LogP contribution in [-0.2, 0) is 12.8 Å². The van der Waals surface area contributed by atoms with E-state index in [2.05, 4.69) is 24.3 Å². The lowest BCUT2D eigenvalue weighted by Gasteiger charge is -2.05. The lowest BCUT2D eigenvalue weighted by molar-refractivity contribution is 0.449. The maximum absolute atomic E-state index is 12.1. The van der Waals surface area contributed by atoms with Crippen LogP contribution in [0.25, 0.3) is 11.0 Å². The Hall–Kier alpha value is -2.75. The minimum Gasteiger partial charge on any atom is -0.508 e. The van der Waals surface area contributed by atoms with Gasteiger partial charge in [-0.3, -0.25) is 4.79 Å². The molecule has 1 heterocycles. The van der Waals surface area contributed by atoms with Crippen LogP contribution in [0.4, 0.5) is 0 Å². The summed E-state index contributed by atoms with van der Waals surface area (Å²) in [5.41, 5.74) is 1.31. The standard InChI is InChI=1S/C21H22O4/c22-16-12-18(23)21-19(24)14-17(25-20(21)13-16)11-7-2-1-4-8-15-9-5-3-6-10-15/h3,5-6,9-10,12-14,22-23H,1-2,4,7-8,11H2. The molecule has 0 bridgehead atoms. The zero-order chi connectivity index (χ0) is 17.6. The largest absolute Gasteiger partial charge is 0.508 e. The molecule has 130 valence electrons. The van der Waals surface area contributed by atoms with Crippen molar-refractivity contribution < 1.29 is 14.6 Å². The molecule has 2 aromatic carbocycles. The van der Waals surface area contributed by atoms with Crippen LogP contribution in [0.5, 0.6) is 11.5 Å². The van der Waals surface area contributed by atoms with Crippen molar-refractivity contribution in [1.82, 2.24) is 0 Å². The zero-order valence-electron chi connectivity index (χ0n) is 14.1. The quantitative estimate of drug-likeness (QED) is 0.620. The highest BCUT2D eigenvalue weighted by Gasteiger charge is 2.10. The molecule has 2 N–H and O–H groups in total. The lowest BCUT2D eigenvalue weighted by Crippen LogP contribution is -2.02. The summed E-state index contributed by atoms with van der Waals surface area (Å²) in [5.74, 6) is 0.216. The van der Waals surface area contributed by atoms with Crippen LogP contribution in [0.2, 0.25) is 0 Å². The molecule has 0 aliphatic heterocycles. The minimum absolute atomic E-state index is 0.115. The molecule has 4 nitrogen and oxygen atoms in total. The van der Waals surface area contributed by atoms with E-state index in [1.807, 2.05) is 6.07 Å². The fourth-order valence-electron chi connectivity index (χ4n) is 3.05. The molecule has 0 aliphatic carbocycles. The van der Waals surface area contributed by atoms with Gasteiger partial charge in [-0.2, -0.15) is 0 Å². The highest BCUT2D eigenvalue weighted by molar-refractivity contribution is 5.84. The third-order valence-corrected chi connectivity index (χ3v) is 4.33. The Morgan fingerprint density at radius 2 is 1.56 bits per heavy atom. The van der Waals surface area contributed by atoms with Gasteiger partial charge in [-0.05, 0) is 24.8 Å². The van der Waals surface area contributed by atoms with Crippen molar-refractivity contribution in [2.45, 2.75) is 38.5 Å². The van der Waals surface area contributed by atoms with Gasteiger partial charge in [0, 0.05) is 24.6 Å². The van der Waals surface area contributed by atoms with Crippen LogP contribution in [0.3, 0.4) is 0 Å². The third-order valence-electron chi connectivity index (χ3n) is 4.33. The second kappa shape index (κ2) is 7.88. The molecular weight excluding hydrogens is 316 g/mol. The summed E-state index contributed by atoms with van der Waals surface area (Å²) in [6.45, 7) is 0. The topological polar surface area (TPSA) is 70.7 Å². The van der Waals surface area contributed by atoms with Crippen LogP contribution in [0.1, 0.15) is 37.0 Å². The molecule has 0 spiro atoms. The van der Waals surface area contributed by atoms with Crippen LogP contribution in [0, 0.1) is 0 Å². The van der Waals surface area contributed by atoms with Gasteiger partial charge < -0.3 is 14.6 Å². The van der Waals surface area contributed by atoms with Gasteiger partial charge in [-0.25, -0.2) is 0 Å². The summed E-state index contributed by atoms with van der Waals surface area (Å²) in [6, 6.07) is 14.4. The number of fused-ring (bicyclic) bond motifs is 1. The maximum atomic E-state index is 12.1. The van der Waals surface area contributed by atoms with Gasteiger partial charge >= 0.3 is 0 Å². The molecule has 0 saturated heterocycles. The van der Waals surface area contributed by atoms with E-state index in [4.69, 9.17) is 4.42 Å². The van der Waals surface area contributed by atoms with E-state index in [0.29, 0.717) is 12.2 Å². The fraction of sp³-hybridized carbons (Fsp3) is 0.286. The first kappa shape index (κ1) is 17.1. The Morgan fingerprint density at radius 3 is 2.32 bits per heavy atom. The number of phenols is 2. The SMILES string of the molecule is O=c1cc(CCCCCCc2ccccc2)oc2cc(O)cc(O)c12. The second-order valence-corrected chi connectivity index (χ2v) is 6.31. The van der Waals surface area contributed by atoms with Gasteiger partial charge in [0.05, 0.1) is 0 Å². The molecule has 0 aliphatic rings. The highest BCUT2D eigenvalue weighted by atomic mass is 16.3. The lowest BCUT2D eigenvalue weighted by atomic mass is 10.0. The van der Waals surface area contributed by atoms with Crippen molar-refractivity contribution in [1.29, 1.82) is 0 Å². The first-order chi connectivity index (χ1) is 12.1. The van der Waals surface area contributed by atoms with Crippen molar-refractivity contribution in [2.75, 3.05) is 0 Å². The average molecular weight is 338 g/mol. The molecule has 0 unspecified atom stereocenters. The normalized spacial score (nSPS) is 11.0. The van der Waals surface area contributed by atoms with Crippen LogP contribution in [0.15, 0.2) is 57.7 Å². The summed E-state index contributed by atoms with van der Waals surface area (Å²) in [4.78, 5) is 12.1. The van der Waals surface area contributed by atoms with E-state index >= 15 is 0 Å². The smallest absolute Gasteiger partial charge is 0.196 e. The molecule has 4 heteroatoms. The molecule has 25 heavy (non-hydrogen) atoms. The van der Waals surface area contributed by atoms with Crippen LogP contribution < -0.4 is 5.43 Å². The first-order valence-electron chi connectivity index (χ1n) is 8.66. The van der Waals surface area contributed by atoms with Gasteiger partial charge in [-0.15, -0.1) is 0 Å². The molecule has 0 atom stereocenters. The Bertz CT molecular complexity index is 897. The summed E-state index contributed by atoms with van der Waals surface area (Å²) < 4.78 is 5.66. The molecular formula is C21H22O4. The van der Waals surface area contributed by atoms with E-state index in [1.165, 1.54) is 17.7 Å². The number of aryl methyl sites for hydroxylation is 2. The Balaban J connectivity index is 1.52.